The van der Waals surface area contributed by atoms with Gasteiger partial charge in [0.2, 0.25) is 0 Å². The minimum atomic E-state index is 0.594. The van der Waals surface area contributed by atoms with Crippen LogP contribution in [0.5, 0.6) is 5.75 Å². The maximum atomic E-state index is 5.05. The molecule has 0 aliphatic carbocycles. The fourth-order valence-corrected chi connectivity index (χ4v) is 1.63. The first-order valence-electron chi connectivity index (χ1n) is 5.26. The van der Waals surface area contributed by atoms with Gasteiger partial charge in [-0.1, -0.05) is 6.42 Å². The smallest absolute Gasteiger partial charge is 0.197 e. The molecular weight excluding hydrogens is 228 g/mol. The third kappa shape index (κ3) is 1.76. The second kappa shape index (κ2) is 4.18. The highest BCUT2D eigenvalue weighted by Crippen LogP contribution is 2.21. The maximum absolute atomic E-state index is 5.05. The average Bonchev–Trinajstić information content (AvgIpc) is 2.84. The van der Waals surface area contributed by atoms with Crippen LogP contribution in [0.3, 0.4) is 0 Å². The van der Waals surface area contributed by atoms with Crippen molar-refractivity contribution >= 4 is 11.3 Å². The van der Waals surface area contributed by atoms with Crippen molar-refractivity contribution in [3.8, 4) is 29.7 Å². The third-order valence-electron chi connectivity index (χ3n) is 2.44. The van der Waals surface area contributed by atoms with Crippen LogP contribution in [0.2, 0.25) is 0 Å². The number of aromatic amines is 1. The van der Waals surface area contributed by atoms with E-state index in [-0.39, 0.29) is 0 Å². The Balaban J connectivity index is 2.01. The molecule has 18 heavy (non-hydrogen) atoms. The van der Waals surface area contributed by atoms with Crippen LogP contribution >= 0.6 is 0 Å². The van der Waals surface area contributed by atoms with Gasteiger partial charge in [-0.25, -0.2) is 15.0 Å². The van der Waals surface area contributed by atoms with Crippen molar-refractivity contribution in [3.05, 3.63) is 36.7 Å². The molecule has 2 heterocycles. The van der Waals surface area contributed by atoms with Crippen molar-refractivity contribution in [1.29, 1.82) is 0 Å². The molecule has 1 aromatic carbocycles. The van der Waals surface area contributed by atoms with Gasteiger partial charge in [0, 0.05) is 18.0 Å². The molecule has 0 atom stereocenters. The molecule has 0 saturated heterocycles. The number of nitrogens with zero attached hydrogens (tertiary/aromatic N) is 3. The SMILES string of the molecule is C#COc1ccc(-c2nc3nccnc3[nH]2)cc1. The number of hydrogen-bond acceptors (Lipinski definition) is 4. The van der Waals surface area contributed by atoms with E-state index in [1.165, 1.54) is 0 Å². The van der Waals surface area contributed by atoms with Gasteiger partial charge in [0.1, 0.15) is 17.7 Å². The number of fused-ring (bicyclic) bond motifs is 1. The third-order valence-corrected chi connectivity index (χ3v) is 2.44. The monoisotopic (exact) mass is 236 g/mol. The first kappa shape index (κ1) is 10.3. The van der Waals surface area contributed by atoms with Gasteiger partial charge in [0.15, 0.2) is 11.3 Å². The Labute approximate surface area is 103 Å². The quantitative estimate of drug-likeness (QED) is 0.691. The van der Waals surface area contributed by atoms with Crippen molar-refractivity contribution in [3.63, 3.8) is 0 Å². The largest absolute Gasteiger partial charge is 0.408 e. The van der Waals surface area contributed by atoms with Crippen LogP contribution in [0.4, 0.5) is 0 Å². The number of imidazole rings is 1. The lowest BCUT2D eigenvalue weighted by Crippen LogP contribution is -1.83. The van der Waals surface area contributed by atoms with Crippen LogP contribution in [0.15, 0.2) is 36.7 Å². The average molecular weight is 236 g/mol. The van der Waals surface area contributed by atoms with Crippen LogP contribution in [0, 0.1) is 12.5 Å². The van der Waals surface area contributed by atoms with Gasteiger partial charge in [-0.05, 0) is 24.3 Å². The number of benzene rings is 1. The Morgan fingerprint density at radius 2 is 1.89 bits per heavy atom. The zero-order chi connectivity index (χ0) is 12.4. The van der Waals surface area contributed by atoms with Gasteiger partial charge in [-0.3, -0.25) is 0 Å². The van der Waals surface area contributed by atoms with Crippen LogP contribution < -0.4 is 4.74 Å². The molecule has 5 nitrogen and oxygen atoms in total. The second-order valence-electron chi connectivity index (χ2n) is 3.56. The molecule has 0 aliphatic rings. The van der Waals surface area contributed by atoms with Gasteiger partial charge in [0.25, 0.3) is 0 Å². The molecule has 3 rings (SSSR count). The Bertz CT molecular complexity index is 692. The maximum Gasteiger partial charge on any atom is 0.197 e. The lowest BCUT2D eigenvalue weighted by molar-refractivity contribution is 0.521. The molecule has 0 saturated carbocycles. The van der Waals surface area contributed by atoms with Crippen molar-refractivity contribution < 1.29 is 4.74 Å². The summed E-state index contributed by atoms with van der Waals surface area (Å²) in [5, 5.41) is 0. The number of hydrogen-bond donors (Lipinski definition) is 1. The number of terminal acetylenes is 1. The number of nitrogens with one attached hydrogen (secondary N) is 1. The fourth-order valence-electron chi connectivity index (χ4n) is 1.63. The summed E-state index contributed by atoms with van der Waals surface area (Å²) in [6.45, 7) is 0. The topological polar surface area (TPSA) is 63.7 Å². The normalized spacial score (nSPS) is 10.2. The molecule has 0 spiro atoms. The Hall–Kier alpha value is -2.87. The van der Waals surface area contributed by atoms with E-state index in [9.17, 15) is 0 Å². The standard InChI is InChI=1S/C13H8N4O/c1-2-18-10-5-3-9(4-6-10)11-16-12-13(17-11)15-8-7-14-12/h1,3-8H,(H,14,15,16,17). The Morgan fingerprint density at radius 3 is 2.61 bits per heavy atom. The van der Waals surface area contributed by atoms with E-state index in [4.69, 9.17) is 11.2 Å². The molecule has 0 aliphatic heterocycles. The lowest BCUT2D eigenvalue weighted by atomic mass is 10.2. The zero-order valence-corrected chi connectivity index (χ0v) is 9.29. The van der Waals surface area contributed by atoms with Crippen LogP contribution in [0.25, 0.3) is 22.7 Å². The van der Waals surface area contributed by atoms with E-state index in [1.54, 1.807) is 24.5 Å². The molecule has 5 heteroatoms. The Kier molecular flexibility index (Phi) is 2.39. The predicted molar refractivity (Wildman–Crippen MR) is 66.6 cm³/mol. The van der Waals surface area contributed by atoms with E-state index in [2.05, 4.69) is 26.0 Å². The predicted octanol–water partition coefficient (Wildman–Crippen LogP) is 1.99. The van der Waals surface area contributed by atoms with Crippen molar-refractivity contribution in [1.82, 2.24) is 19.9 Å². The zero-order valence-electron chi connectivity index (χ0n) is 9.29. The minimum Gasteiger partial charge on any atom is -0.408 e. The number of aromatic nitrogens is 4. The molecule has 0 fully saturated rings. The summed E-state index contributed by atoms with van der Waals surface area (Å²) in [6.07, 6.45) is 10.4. The minimum absolute atomic E-state index is 0.594. The summed E-state index contributed by atoms with van der Waals surface area (Å²) in [7, 11) is 0. The Morgan fingerprint density at radius 1 is 1.11 bits per heavy atom. The first-order chi connectivity index (χ1) is 8.86. The summed E-state index contributed by atoms with van der Waals surface area (Å²) in [6, 6.07) is 7.29. The van der Waals surface area contributed by atoms with E-state index >= 15 is 0 Å². The van der Waals surface area contributed by atoms with Gasteiger partial charge in [0.05, 0.1) is 0 Å². The second-order valence-corrected chi connectivity index (χ2v) is 3.56. The highest BCUT2D eigenvalue weighted by molar-refractivity contribution is 5.71. The van der Waals surface area contributed by atoms with Gasteiger partial charge < -0.3 is 9.72 Å². The van der Waals surface area contributed by atoms with Gasteiger partial charge in [-0.15, -0.1) is 0 Å². The summed E-state index contributed by atoms with van der Waals surface area (Å²) in [4.78, 5) is 15.7. The number of H-pyrrole nitrogens is 1. The summed E-state index contributed by atoms with van der Waals surface area (Å²) >= 11 is 0. The number of ether oxygens (including phenoxy) is 1. The molecule has 0 amide bonds. The highest BCUT2D eigenvalue weighted by Gasteiger charge is 2.06. The van der Waals surface area contributed by atoms with Crippen molar-refractivity contribution in [2.24, 2.45) is 0 Å². The molecular formula is C13H8N4O. The van der Waals surface area contributed by atoms with E-state index in [0.717, 1.165) is 5.56 Å². The molecule has 0 bridgehead atoms. The molecule has 3 aromatic rings. The van der Waals surface area contributed by atoms with Crippen LogP contribution in [-0.2, 0) is 0 Å². The van der Waals surface area contributed by atoms with Crippen LogP contribution in [0.1, 0.15) is 0 Å². The molecule has 86 valence electrons. The van der Waals surface area contributed by atoms with Crippen molar-refractivity contribution in [2.45, 2.75) is 0 Å². The van der Waals surface area contributed by atoms with Crippen LogP contribution in [-0.4, -0.2) is 19.9 Å². The summed E-state index contributed by atoms with van der Waals surface area (Å²) in [5.74, 6) is 1.33. The summed E-state index contributed by atoms with van der Waals surface area (Å²) < 4.78 is 4.93. The first-order valence-corrected chi connectivity index (χ1v) is 5.26. The van der Waals surface area contributed by atoms with Crippen molar-refractivity contribution in [2.75, 3.05) is 0 Å². The van der Waals surface area contributed by atoms with Gasteiger partial charge in [-0.2, -0.15) is 0 Å². The molecule has 0 radical (unpaired) electrons. The molecule has 0 unspecified atom stereocenters. The summed E-state index contributed by atoms with van der Waals surface area (Å²) in [5.41, 5.74) is 2.17. The van der Waals surface area contributed by atoms with E-state index in [1.807, 2.05) is 12.1 Å². The highest BCUT2D eigenvalue weighted by atomic mass is 16.5. The van der Waals surface area contributed by atoms with Gasteiger partial charge >= 0.3 is 0 Å². The molecule has 2 aromatic heterocycles. The van der Waals surface area contributed by atoms with E-state index in [0.29, 0.717) is 22.9 Å². The number of rotatable bonds is 2. The lowest BCUT2D eigenvalue weighted by Gasteiger charge is -1.98. The van der Waals surface area contributed by atoms with E-state index < -0.39 is 0 Å². The molecule has 1 N–H and O–H groups in total. The fraction of sp³-hybridized carbons (Fsp3) is 0.